The second-order valence-electron chi connectivity index (χ2n) is 9.12. The third-order valence-corrected chi connectivity index (χ3v) is 6.59. The summed E-state index contributed by atoms with van der Waals surface area (Å²) in [5, 5.41) is 25.4. The number of carboxylic acids is 1. The normalized spacial score (nSPS) is 15.5. The average molecular weight is 480 g/mol. The van der Waals surface area contributed by atoms with Crippen molar-refractivity contribution in [3.05, 3.63) is 70.8 Å². The molecule has 1 aliphatic rings. The molecule has 0 aliphatic heterocycles. The van der Waals surface area contributed by atoms with Gasteiger partial charge in [0.25, 0.3) is 0 Å². The van der Waals surface area contributed by atoms with Crippen molar-refractivity contribution in [2.24, 2.45) is 11.7 Å². The Balaban J connectivity index is 1.80. The fraction of sp³-hybridized carbons (Fsp3) is 0.385. The number of aliphatic carboxylic acids is 1. The van der Waals surface area contributed by atoms with Crippen LogP contribution in [0, 0.1) is 11.3 Å². The van der Waals surface area contributed by atoms with E-state index >= 15 is 0 Å². The van der Waals surface area contributed by atoms with Gasteiger partial charge in [-0.15, -0.1) is 0 Å². The number of nitrogens with two attached hydrogens (primary N) is 1. The number of amidine groups is 1. The van der Waals surface area contributed by atoms with Crippen LogP contribution in [0.15, 0.2) is 48.5 Å². The molecule has 7 N–H and O–H groups in total. The number of nitrogens with one attached hydrogen (secondary N) is 4. The van der Waals surface area contributed by atoms with E-state index in [1.807, 2.05) is 38.1 Å². The van der Waals surface area contributed by atoms with Crippen molar-refractivity contribution in [1.29, 1.82) is 5.41 Å². The Morgan fingerprint density at radius 3 is 2.20 bits per heavy atom. The first-order valence-corrected chi connectivity index (χ1v) is 11.7. The van der Waals surface area contributed by atoms with E-state index in [0.717, 1.165) is 16.7 Å². The molecule has 0 saturated heterocycles. The monoisotopic (exact) mass is 479 g/mol. The standard InChI is InChI=1S/C26H33N5O4/c1-3-16(2)22(29-15-21(32)33)24(34)31-26(12-19-6-4-5-7-20(19)13-26)25(35)30-14-17-8-10-18(11-9-17)23(27)28/h4-11,16,22,29H,3,12-15H2,1-2H3,(H3,27,28)(H,30,35)(H,31,34)(H,32,33)/t16-,22+/m0/s1. The van der Waals surface area contributed by atoms with E-state index < -0.39 is 23.5 Å². The van der Waals surface area contributed by atoms with Gasteiger partial charge in [-0.25, -0.2) is 0 Å². The number of carbonyl (C=O) groups is 3. The van der Waals surface area contributed by atoms with Crippen LogP contribution in [0.4, 0.5) is 0 Å². The van der Waals surface area contributed by atoms with Crippen LogP contribution in [0.1, 0.15) is 42.5 Å². The summed E-state index contributed by atoms with van der Waals surface area (Å²) in [6, 6.07) is 14.0. The Bertz CT molecular complexity index is 1070. The number of fused-ring (bicyclic) bond motifs is 1. The maximum absolute atomic E-state index is 13.6. The highest BCUT2D eigenvalue weighted by Gasteiger charge is 2.46. The minimum absolute atomic E-state index is 0.0293. The summed E-state index contributed by atoms with van der Waals surface area (Å²) in [7, 11) is 0. The van der Waals surface area contributed by atoms with Crippen LogP contribution in [0.5, 0.6) is 0 Å². The molecule has 0 bridgehead atoms. The number of rotatable bonds is 11. The zero-order chi connectivity index (χ0) is 25.6. The van der Waals surface area contributed by atoms with E-state index in [1.54, 1.807) is 24.3 Å². The number of hydrogen-bond acceptors (Lipinski definition) is 5. The van der Waals surface area contributed by atoms with Gasteiger partial charge in [0.15, 0.2) is 0 Å². The summed E-state index contributed by atoms with van der Waals surface area (Å²) in [4.78, 5) is 38.0. The maximum atomic E-state index is 13.6. The molecule has 0 spiro atoms. The molecule has 0 aromatic heterocycles. The summed E-state index contributed by atoms with van der Waals surface area (Å²) in [5.74, 6) is -1.91. The summed E-state index contributed by atoms with van der Waals surface area (Å²) < 4.78 is 0. The van der Waals surface area contributed by atoms with Crippen LogP contribution in [0.2, 0.25) is 0 Å². The van der Waals surface area contributed by atoms with Crippen LogP contribution < -0.4 is 21.7 Å². The zero-order valence-electron chi connectivity index (χ0n) is 20.1. The van der Waals surface area contributed by atoms with E-state index in [0.29, 0.717) is 24.8 Å². The average Bonchev–Trinajstić information content (AvgIpc) is 3.21. The fourth-order valence-corrected chi connectivity index (χ4v) is 4.37. The van der Waals surface area contributed by atoms with Crippen molar-refractivity contribution in [3.8, 4) is 0 Å². The molecule has 0 unspecified atom stereocenters. The molecule has 2 atom stereocenters. The third-order valence-electron chi connectivity index (χ3n) is 6.59. The summed E-state index contributed by atoms with van der Waals surface area (Å²) >= 11 is 0. The van der Waals surface area contributed by atoms with Gasteiger partial charge in [-0.2, -0.15) is 0 Å². The lowest BCUT2D eigenvalue weighted by Crippen LogP contribution is -2.63. The number of benzene rings is 2. The molecule has 9 heteroatoms. The molecule has 0 fully saturated rings. The molecule has 2 amide bonds. The van der Waals surface area contributed by atoms with Crippen molar-refractivity contribution in [3.63, 3.8) is 0 Å². The van der Waals surface area contributed by atoms with Gasteiger partial charge < -0.3 is 21.5 Å². The number of hydrogen-bond donors (Lipinski definition) is 6. The van der Waals surface area contributed by atoms with Gasteiger partial charge in [0.2, 0.25) is 11.8 Å². The highest BCUT2D eigenvalue weighted by atomic mass is 16.4. The first-order valence-electron chi connectivity index (χ1n) is 11.7. The van der Waals surface area contributed by atoms with Gasteiger partial charge in [0.1, 0.15) is 11.4 Å². The van der Waals surface area contributed by atoms with Crippen LogP contribution in [-0.4, -0.2) is 46.9 Å². The number of nitrogen functional groups attached to an aromatic ring is 1. The summed E-state index contributed by atoms with van der Waals surface area (Å²) in [5.41, 5.74) is 7.74. The van der Waals surface area contributed by atoms with Crippen LogP contribution in [0.3, 0.4) is 0 Å². The second-order valence-corrected chi connectivity index (χ2v) is 9.12. The minimum Gasteiger partial charge on any atom is -0.480 e. The third kappa shape index (κ3) is 6.24. The van der Waals surface area contributed by atoms with E-state index in [4.69, 9.17) is 16.2 Å². The van der Waals surface area contributed by atoms with Crippen LogP contribution >= 0.6 is 0 Å². The lowest BCUT2D eigenvalue weighted by molar-refractivity contribution is -0.137. The number of carboxylic acid groups (broad SMARTS) is 1. The molecule has 35 heavy (non-hydrogen) atoms. The number of amides is 2. The van der Waals surface area contributed by atoms with E-state index in [9.17, 15) is 14.4 Å². The highest BCUT2D eigenvalue weighted by Crippen LogP contribution is 2.31. The van der Waals surface area contributed by atoms with Gasteiger partial charge >= 0.3 is 5.97 Å². The second kappa shape index (κ2) is 11.1. The topological polar surface area (TPSA) is 157 Å². The Labute approximate surface area is 205 Å². The van der Waals surface area contributed by atoms with Gasteiger partial charge in [0, 0.05) is 24.9 Å². The lowest BCUT2D eigenvalue weighted by Gasteiger charge is -2.32. The molecular formula is C26H33N5O4. The molecule has 1 aliphatic carbocycles. The highest BCUT2D eigenvalue weighted by molar-refractivity contribution is 5.95. The van der Waals surface area contributed by atoms with Crippen molar-refractivity contribution >= 4 is 23.6 Å². The molecule has 2 aromatic rings. The molecule has 186 valence electrons. The maximum Gasteiger partial charge on any atom is 0.317 e. The van der Waals surface area contributed by atoms with Crippen molar-refractivity contribution in [2.45, 2.75) is 51.2 Å². The quantitative estimate of drug-likeness (QED) is 0.211. The van der Waals surface area contributed by atoms with Gasteiger partial charge in [-0.3, -0.25) is 25.1 Å². The molecule has 2 aromatic carbocycles. The first kappa shape index (κ1) is 25.9. The Hall–Kier alpha value is -3.72. The Morgan fingerprint density at radius 2 is 1.69 bits per heavy atom. The first-order chi connectivity index (χ1) is 16.6. The minimum atomic E-state index is -1.18. The van der Waals surface area contributed by atoms with Crippen LogP contribution in [-0.2, 0) is 33.8 Å². The largest absolute Gasteiger partial charge is 0.480 e. The molecule has 0 saturated carbocycles. The van der Waals surface area contributed by atoms with Crippen molar-refractivity contribution < 1.29 is 19.5 Å². The molecule has 3 rings (SSSR count). The van der Waals surface area contributed by atoms with Gasteiger partial charge in [0.05, 0.1) is 12.6 Å². The molecule has 9 nitrogen and oxygen atoms in total. The predicted octanol–water partition coefficient (Wildman–Crippen LogP) is 1.33. The van der Waals surface area contributed by atoms with E-state index in [1.165, 1.54) is 0 Å². The van der Waals surface area contributed by atoms with Crippen molar-refractivity contribution in [2.75, 3.05) is 6.54 Å². The SMILES string of the molecule is CC[C@H](C)[C@@H](NCC(=O)O)C(=O)NC1(C(=O)NCc2ccc(C(=N)N)cc2)Cc2ccccc2C1. The lowest BCUT2D eigenvalue weighted by atomic mass is 9.91. The van der Waals surface area contributed by atoms with Gasteiger partial charge in [-0.1, -0.05) is 68.8 Å². The zero-order valence-corrected chi connectivity index (χ0v) is 20.1. The fourth-order valence-electron chi connectivity index (χ4n) is 4.37. The Kier molecular flexibility index (Phi) is 8.24. The van der Waals surface area contributed by atoms with Crippen LogP contribution in [0.25, 0.3) is 0 Å². The molecule has 0 heterocycles. The molecular weight excluding hydrogens is 446 g/mol. The molecule has 0 radical (unpaired) electrons. The summed E-state index contributed by atoms with van der Waals surface area (Å²) in [6.45, 7) is 3.70. The number of carbonyl (C=O) groups excluding carboxylic acids is 2. The summed E-state index contributed by atoms with van der Waals surface area (Å²) in [6.07, 6.45) is 1.35. The van der Waals surface area contributed by atoms with E-state index in [-0.39, 0.29) is 30.8 Å². The van der Waals surface area contributed by atoms with E-state index in [2.05, 4.69) is 16.0 Å². The van der Waals surface area contributed by atoms with Crippen molar-refractivity contribution in [1.82, 2.24) is 16.0 Å². The van der Waals surface area contributed by atoms with Gasteiger partial charge in [-0.05, 0) is 22.6 Å². The Morgan fingerprint density at radius 1 is 1.09 bits per heavy atom. The smallest absolute Gasteiger partial charge is 0.317 e. The predicted molar refractivity (Wildman–Crippen MR) is 133 cm³/mol.